The number of nitrogens with one attached hydrogen (secondary N) is 1. The summed E-state index contributed by atoms with van der Waals surface area (Å²) in [5.41, 5.74) is 3.43. The average Bonchev–Trinajstić information content (AvgIpc) is 2.60. The zero-order chi connectivity index (χ0) is 18.2. The van der Waals surface area contributed by atoms with Crippen molar-refractivity contribution in [2.24, 2.45) is 0 Å². The summed E-state index contributed by atoms with van der Waals surface area (Å²) >= 11 is 0. The largest absolute Gasteiger partial charge is 0.491 e. The third kappa shape index (κ3) is 5.52. The first-order chi connectivity index (χ1) is 12.0. The smallest absolute Gasteiger partial charge is 0.258 e. The van der Waals surface area contributed by atoms with Gasteiger partial charge in [0, 0.05) is 0 Å². The molecule has 0 bridgehead atoms. The SMILES string of the molecule is Cc1cccc(OCCNC(=O)COc2ccccc2C(C)C)c1C. The van der Waals surface area contributed by atoms with Crippen molar-refractivity contribution in [3.63, 3.8) is 0 Å². The van der Waals surface area contributed by atoms with E-state index in [9.17, 15) is 4.79 Å². The summed E-state index contributed by atoms with van der Waals surface area (Å²) in [5.74, 6) is 1.82. The van der Waals surface area contributed by atoms with Gasteiger partial charge in [0.2, 0.25) is 0 Å². The molecule has 2 rings (SSSR count). The van der Waals surface area contributed by atoms with Gasteiger partial charge in [-0.15, -0.1) is 0 Å². The van der Waals surface area contributed by atoms with Gasteiger partial charge in [-0.3, -0.25) is 4.79 Å². The minimum Gasteiger partial charge on any atom is -0.491 e. The molecule has 4 heteroatoms. The van der Waals surface area contributed by atoms with Crippen LogP contribution in [0.1, 0.15) is 36.5 Å². The predicted octanol–water partition coefficient (Wildman–Crippen LogP) is 4.00. The number of ether oxygens (including phenoxy) is 2. The molecule has 0 atom stereocenters. The lowest BCUT2D eigenvalue weighted by Crippen LogP contribution is -2.32. The Morgan fingerprint density at radius 3 is 2.48 bits per heavy atom. The van der Waals surface area contributed by atoms with Gasteiger partial charge in [0.05, 0.1) is 6.54 Å². The molecule has 0 aliphatic rings. The second-order valence-corrected chi connectivity index (χ2v) is 6.38. The lowest BCUT2D eigenvalue weighted by molar-refractivity contribution is -0.123. The van der Waals surface area contributed by atoms with E-state index in [1.54, 1.807) is 0 Å². The van der Waals surface area contributed by atoms with Crippen molar-refractivity contribution < 1.29 is 14.3 Å². The van der Waals surface area contributed by atoms with Gasteiger partial charge >= 0.3 is 0 Å². The van der Waals surface area contributed by atoms with E-state index in [-0.39, 0.29) is 12.5 Å². The van der Waals surface area contributed by atoms with Gasteiger partial charge in [0.25, 0.3) is 5.91 Å². The van der Waals surface area contributed by atoms with E-state index in [1.807, 2.05) is 43.3 Å². The number of hydrogen-bond acceptors (Lipinski definition) is 3. The molecular weight excluding hydrogens is 314 g/mol. The zero-order valence-corrected chi connectivity index (χ0v) is 15.5. The second kappa shape index (κ2) is 9.11. The van der Waals surface area contributed by atoms with Gasteiger partial charge in [-0.2, -0.15) is 0 Å². The monoisotopic (exact) mass is 341 g/mol. The molecule has 2 aromatic carbocycles. The minimum absolute atomic E-state index is 0.00715. The van der Waals surface area contributed by atoms with Crippen molar-refractivity contribution in [2.75, 3.05) is 19.8 Å². The molecule has 25 heavy (non-hydrogen) atoms. The fourth-order valence-electron chi connectivity index (χ4n) is 2.52. The summed E-state index contributed by atoms with van der Waals surface area (Å²) < 4.78 is 11.4. The van der Waals surface area contributed by atoms with Crippen molar-refractivity contribution in [3.05, 3.63) is 59.2 Å². The maximum absolute atomic E-state index is 11.9. The highest BCUT2D eigenvalue weighted by atomic mass is 16.5. The first kappa shape index (κ1) is 18.8. The standard InChI is InChI=1S/C21H27NO3/c1-15(2)18-9-5-6-10-20(18)25-14-21(23)22-12-13-24-19-11-7-8-16(3)17(19)4/h5-11,15H,12-14H2,1-4H3,(H,22,23). The molecule has 134 valence electrons. The predicted molar refractivity (Wildman–Crippen MR) is 100 cm³/mol. The highest BCUT2D eigenvalue weighted by molar-refractivity contribution is 5.77. The summed E-state index contributed by atoms with van der Waals surface area (Å²) in [5, 5.41) is 2.82. The summed E-state index contributed by atoms with van der Waals surface area (Å²) in [4.78, 5) is 11.9. The molecule has 0 saturated heterocycles. The van der Waals surface area contributed by atoms with Crippen LogP contribution in [0.2, 0.25) is 0 Å². The Morgan fingerprint density at radius 1 is 1.00 bits per heavy atom. The maximum Gasteiger partial charge on any atom is 0.258 e. The van der Waals surface area contributed by atoms with E-state index in [0.717, 1.165) is 22.6 Å². The van der Waals surface area contributed by atoms with Crippen LogP contribution >= 0.6 is 0 Å². The first-order valence-electron chi connectivity index (χ1n) is 8.66. The normalized spacial score (nSPS) is 10.6. The molecule has 1 amide bonds. The van der Waals surface area contributed by atoms with Crippen LogP contribution in [0, 0.1) is 13.8 Å². The molecule has 0 spiro atoms. The summed E-state index contributed by atoms with van der Waals surface area (Å²) in [6.07, 6.45) is 0. The van der Waals surface area contributed by atoms with Crippen molar-refractivity contribution in [1.29, 1.82) is 0 Å². The number of hydrogen-bond donors (Lipinski definition) is 1. The van der Waals surface area contributed by atoms with Gasteiger partial charge in [-0.25, -0.2) is 0 Å². The highest BCUT2D eigenvalue weighted by Crippen LogP contribution is 2.25. The number of para-hydroxylation sites is 1. The van der Waals surface area contributed by atoms with E-state index < -0.39 is 0 Å². The van der Waals surface area contributed by atoms with Crippen LogP contribution in [0.25, 0.3) is 0 Å². The molecule has 1 N–H and O–H groups in total. The summed E-state index contributed by atoms with van der Waals surface area (Å²) in [6, 6.07) is 13.8. The molecule has 0 aromatic heterocycles. The summed E-state index contributed by atoms with van der Waals surface area (Å²) in [6.45, 7) is 9.17. The first-order valence-corrected chi connectivity index (χ1v) is 8.66. The fourth-order valence-corrected chi connectivity index (χ4v) is 2.52. The molecule has 0 heterocycles. The maximum atomic E-state index is 11.9. The molecule has 0 aliphatic carbocycles. The van der Waals surface area contributed by atoms with Gasteiger partial charge in [0.1, 0.15) is 18.1 Å². The Morgan fingerprint density at radius 2 is 1.72 bits per heavy atom. The topological polar surface area (TPSA) is 47.6 Å². The molecule has 0 saturated carbocycles. The van der Waals surface area contributed by atoms with Gasteiger partial charge < -0.3 is 14.8 Å². The Bertz CT molecular complexity index is 710. The van der Waals surface area contributed by atoms with Crippen LogP contribution in [0.3, 0.4) is 0 Å². The number of aryl methyl sites for hydroxylation is 1. The second-order valence-electron chi connectivity index (χ2n) is 6.38. The van der Waals surface area contributed by atoms with E-state index in [1.165, 1.54) is 5.56 Å². The van der Waals surface area contributed by atoms with Gasteiger partial charge in [0.15, 0.2) is 6.61 Å². The molecule has 2 aromatic rings. The van der Waals surface area contributed by atoms with Crippen LogP contribution < -0.4 is 14.8 Å². The third-order valence-corrected chi connectivity index (χ3v) is 4.14. The van der Waals surface area contributed by atoms with Crippen molar-refractivity contribution in [3.8, 4) is 11.5 Å². The average molecular weight is 341 g/mol. The Hall–Kier alpha value is -2.49. The lowest BCUT2D eigenvalue weighted by Gasteiger charge is -2.14. The number of rotatable bonds is 8. The molecular formula is C21H27NO3. The van der Waals surface area contributed by atoms with Gasteiger partial charge in [-0.05, 0) is 48.6 Å². The molecule has 0 radical (unpaired) electrons. The highest BCUT2D eigenvalue weighted by Gasteiger charge is 2.09. The Kier molecular flexibility index (Phi) is 6.87. The molecule has 4 nitrogen and oxygen atoms in total. The van der Waals surface area contributed by atoms with Crippen molar-refractivity contribution >= 4 is 5.91 Å². The van der Waals surface area contributed by atoms with Crippen LogP contribution in [-0.2, 0) is 4.79 Å². The van der Waals surface area contributed by atoms with E-state index in [0.29, 0.717) is 19.1 Å². The molecule has 0 fully saturated rings. The van der Waals surface area contributed by atoms with E-state index in [4.69, 9.17) is 9.47 Å². The quantitative estimate of drug-likeness (QED) is 0.738. The summed E-state index contributed by atoms with van der Waals surface area (Å²) in [7, 11) is 0. The lowest BCUT2D eigenvalue weighted by atomic mass is 10.0. The van der Waals surface area contributed by atoms with Gasteiger partial charge in [-0.1, -0.05) is 44.2 Å². The number of benzene rings is 2. The fraction of sp³-hybridized carbons (Fsp3) is 0.381. The van der Waals surface area contributed by atoms with Crippen LogP contribution in [0.4, 0.5) is 0 Å². The van der Waals surface area contributed by atoms with E-state index in [2.05, 4.69) is 32.2 Å². The molecule has 0 unspecified atom stereocenters. The Balaban J connectivity index is 1.74. The number of amides is 1. The van der Waals surface area contributed by atoms with Crippen molar-refractivity contribution in [2.45, 2.75) is 33.6 Å². The molecule has 0 aliphatic heterocycles. The van der Waals surface area contributed by atoms with Crippen LogP contribution in [0.5, 0.6) is 11.5 Å². The Labute approximate surface area is 150 Å². The van der Waals surface area contributed by atoms with Crippen molar-refractivity contribution in [1.82, 2.24) is 5.32 Å². The third-order valence-electron chi connectivity index (χ3n) is 4.14. The number of carbonyl (C=O) groups is 1. The zero-order valence-electron chi connectivity index (χ0n) is 15.5. The minimum atomic E-state index is -0.150. The number of carbonyl (C=O) groups excluding carboxylic acids is 1. The van der Waals surface area contributed by atoms with E-state index >= 15 is 0 Å². The van der Waals surface area contributed by atoms with Crippen LogP contribution in [-0.4, -0.2) is 25.7 Å². The van der Waals surface area contributed by atoms with Crippen LogP contribution in [0.15, 0.2) is 42.5 Å².